The van der Waals surface area contributed by atoms with Crippen LogP contribution in [0.4, 0.5) is 0 Å². The van der Waals surface area contributed by atoms with Gasteiger partial charge in [0.15, 0.2) is 5.71 Å². The van der Waals surface area contributed by atoms with E-state index in [-0.39, 0.29) is 17.3 Å². The van der Waals surface area contributed by atoms with Crippen LogP contribution in [0.25, 0.3) is 0 Å². The van der Waals surface area contributed by atoms with Crippen molar-refractivity contribution in [1.29, 1.82) is 0 Å². The minimum absolute atomic E-state index is 0.0615. The lowest BCUT2D eigenvalue weighted by molar-refractivity contribution is -0.122. The summed E-state index contributed by atoms with van der Waals surface area (Å²) in [4.78, 5) is 23.3. The van der Waals surface area contributed by atoms with Gasteiger partial charge in [0.1, 0.15) is 7.11 Å². The van der Waals surface area contributed by atoms with Crippen molar-refractivity contribution < 1.29 is 14.5 Å². The zero-order valence-corrected chi connectivity index (χ0v) is 12.8. The van der Waals surface area contributed by atoms with Crippen LogP contribution in [0.3, 0.4) is 0 Å². The van der Waals surface area contributed by atoms with Gasteiger partial charge >= 0.3 is 0 Å². The standard InChI is InChI=1S/C15H21N3O3/c1-11-6-8-13(9-7-11)10-21-16-12(2)14(17-20-5)15(19)18(3)4/h6-9,16H,2,10H2,1,3-5H3. The third-order valence-electron chi connectivity index (χ3n) is 2.63. The number of benzene rings is 1. The van der Waals surface area contributed by atoms with Gasteiger partial charge in [-0.05, 0) is 12.5 Å². The zero-order chi connectivity index (χ0) is 15.8. The minimum Gasteiger partial charge on any atom is -0.398 e. The molecule has 0 aliphatic carbocycles. The first-order valence-corrected chi connectivity index (χ1v) is 6.41. The average Bonchev–Trinajstić information content (AvgIpc) is 2.45. The highest BCUT2D eigenvalue weighted by Crippen LogP contribution is 2.04. The van der Waals surface area contributed by atoms with E-state index in [1.165, 1.54) is 17.6 Å². The number of carbonyl (C=O) groups excluding carboxylic acids is 1. The average molecular weight is 291 g/mol. The van der Waals surface area contributed by atoms with Gasteiger partial charge in [-0.2, -0.15) is 0 Å². The van der Waals surface area contributed by atoms with E-state index in [1.54, 1.807) is 14.1 Å². The molecule has 0 spiro atoms. The molecule has 1 N–H and O–H groups in total. The molecule has 0 radical (unpaired) electrons. The summed E-state index contributed by atoms with van der Waals surface area (Å²) in [6.45, 7) is 6.09. The van der Waals surface area contributed by atoms with E-state index in [1.807, 2.05) is 31.2 Å². The molecule has 114 valence electrons. The molecular formula is C15H21N3O3. The number of hydroxylamine groups is 1. The molecule has 0 aliphatic heterocycles. The highest BCUT2D eigenvalue weighted by Gasteiger charge is 2.18. The summed E-state index contributed by atoms with van der Waals surface area (Å²) >= 11 is 0. The highest BCUT2D eigenvalue weighted by atomic mass is 16.6. The fourth-order valence-electron chi connectivity index (χ4n) is 1.47. The molecule has 0 aromatic heterocycles. The van der Waals surface area contributed by atoms with Crippen molar-refractivity contribution in [2.24, 2.45) is 5.16 Å². The predicted molar refractivity (Wildman–Crippen MR) is 81.4 cm³/mol. The van der Waals surface area contributed by atoms with Crippen LogP contribution in [0.2, 0.25) is 0 Å². The molecule has 0 saturated heterocycles. The number of hydrogen-bond acceptors (Lipinski definition) is 5. The molecule has 0 saturated carbocycles. The Morgan fingerprint density at radius 3 is 2.48 bits per heavy atom. The Bertz CT molecular complexity index is 521. The minimum atomic E-state index is -0.326. The molecule has 1 aromatic rings. The number of nitrogens with zero attached hydrogens (tertiary/aromatic N) is 2. The number of rotatable bonds is 7. The van der Waals surface area contributed by atoms with E-state index in [4.69, 9.17) is 4.84 Å². The van der Waals surface area contributed by atoms with Crippen molar-refractivity contribution in [2.45, 2.75) is 13.5 Å². The third-order valence-corrected chi connectivity index (χ3v) is 2.63. The first-order chi connectivity index (χ1) is 9.95. The van der Waals surface area contributed by atoms with Crippen LogP contribution >= 0.6 is 0 Å². The van der Waals surface area contributed by atoms with E-state index in [0.717, 1.165) is 5.56 Å². The molecule has 0 bridgehead atoms. The van der Waals surface area contributed by atoms with Gasteiger partial charge in [-0.15, -0.1) is 0 Å². The van der Waals surface area contributed by atoms with Crippen molar-refractivity contribution in [2.75, 3.05) is 21.2 Å². The van der Waals surface area contributed by atoms with E-state index in [0.29, 0.717) is 6.61 Å². The van der Waals surface area contributed by atoms with Gasteiger partial charge in [0.05, 0.1) is 12.3 Å². The lowest BCUT2D eigenvalue weighted by Gasteiger charge is -2.15. The van der Waals surface area contributed by atoms with Crippen LogP contribution in [0, 0.1) is 6.92 Å². The number of aryl methyl sites for hydroxylation is 1. The fraction of sp³-hybridized carbons (Fsp3) is 0.333. The molecule has 1 amide bonds. The SMILES string of the molecule is C=C(NOCc1ccc(C)cc1)C(=NOC)C(=O)N(C)C. The Morgan fingerprint density at radius 1 is 1.33 bits per heavy atom. The van der Waals surface area contributed by atoms with E-state index < -0.39 is 0 Å². The molecule has 1 aromatic carbocycles. The topological polar surface area (TPSA) is 63.2 Å². The molecule has 0 unspecified atom stereocenters. The third kappa shape index (κ3) is 5.27. The van der Waals surface area contributed by atoms with Gasteiger partial charge in [-0.25, -0.2) is 0 Å². The Labute approximate surface area is 125 Å². The van der Waals surface area contributed by atoms with Crippen molar-refractivity contribution >= 4 is 11.6 Å². The maximum absolute atomic E-state index is 11.9. The van der Waals surface area contributed by atoms with Crippen molar-refractivity contribution in [3.63, 3.8) is 0 Å². The molecule has 0 atom stereocenters. The second-order valence-electron chi connectivity index (χ2n) is 4.68. The van der Waals surface area contributed by atoms with Gasteiger partial charge in [-0.3, -0.25) is 15.1 Å². The van der Waals surface area contributed by atoms with Crippen LogP contribution in [0.15, 0.2) is 41.7 Å². The Hall–Kier alpha value is -2.34. The zero-order valence-electron chi connectivity index (χ0n) is 12.8. The molecule has 6 heteroatoms. The van der Waals surface area contributed by atoms with Crippen LogP contribution in [-0.4, -0.2) is 37.7 Å². The monoisotopic (exact) mass is 291 g/mol. The Balaban J connectivity index is 2.56. The summed E-state index contributed by atoms with van der Waals surface area (Å²) in [5.41, 5.74) is 5.10. The smallest absolute Gasteiger partial charge is 0.277 e. The molecular weight excluding hydrogens is 270 g/mol. The van der Waals surface area contributed by atoms with Gasteiger partial charge in [-0.1, -0.05) is 41.6 Å². The molecule has 0 heterocycles. The molecule has 21 heavy (non-hydrogen) atoms. The Morgan fingerprint density at radius 2 is 1.95 bits per heavy atom. The summed E-state index contributed by atoms with van der Waals surface area (Å²) in [6, 6.07) is 7.94. The number of amides is 1. The Kier molecular flexibility index (Phi) is 6.42. The number of oxime groups is 1. The van der Waals surface area contributed by atoms with E-state index >= 15 is 0 Å². The summed E-state index contributed by atoms with van der Waals surface area (Å²) in [7, 11) is 4.60. The molecule has 1 rings (SSSR count). The summed E-state index contributed by atoms with van der Waals surface area (Å²) in [5, 5.41) is 3.67. The van der Waals surface area contributed by atoms with Gasteiger partial charge in [0.25, 0.3) is 5.91 Å². The molecule has 6 nitrogen and oxygen atoms in total. The second kappa shape index (κ2) is 8.06. The molecule has 0 aliphatic rings. The predicted octanol–water partition coefficient (Wildman–Crippen LogP) is 1.62. The fourth-order valence-corrected chi connectivity index (χ4v) is 1.47. The largest absolute Gasteiger partial charge is 0.398 e. The van der Waals surface area contributed by atoms with Crippen molar-refractivity contribution in [3.8, 4) is 0 Å². The number of carbonyl (C=O) groups is 1. The molecule has 0 fully saturated rings. The quantitative estimate of drug-likeness (QED) is 0.612. The lowest BCUT2D eigenvalue weighted by Crippen LogP contribution is -2.35. The maximum atomic E-state index is 11.9. The van der Waals surface area contributed by atoms with Gasteiger partial charge in [0.2, 0.25) is 0 Å². The van der Waals surface area contributed by atoms with Crippen LogP contribution in [0.5, 0.6) is 0 Å². The maximum Gasteiger partial charge on any atom is 0.277 e. The summed E-state index contributed by atoms with van der Waals surface area (Å²) in [5.74, 6) is -0.326. The highest BCUT2D eigenvalue weighted by molar-refractivity contribution is 6.44. The lowest BCUT2D eigenvalue weighted by atomic mass is 10.2. The number of hydrogen-bond donors (Lipinski definition) is 1. The van der Waals surface area contributed by atoms with Gasteiger partial charge < -0.3 is 9.74 Å². The van der Waals surface area contributed by atoms with Gasteiger partial charge in [0, 0.05) is 14.1 Å². The summed E-state index contributed by atoms with van der Waals surface area (Å²) in [6.07, 6.45) is 0. The summed E-state index contributed by atoms with van der Waals surface area (Å²) < 4.78 is 0. The van der Waals surface area contributed by atoms with Crippen molar-refractivity contribution in [1.82, 2.24) is 10.4 Å². The number of nitrogens with one attached hydrogen (secondary N) is 1. The van der Waals surface area contributed by atoms with Crippen LogP contribution < -0.4 is 5.48 Å². The normalized spacial score (nSPS) is 11.0. The van der Waals surface area contributed by atoms with Crippen LogP contribution in [-0.2, 0) is 21.1 Å². The van der Waals surface area contributed by atoms with E-state index in [9.17, 15) is 4.79 Å². The van der Waals surface area contributed by atoms with E-state index in [2.05, 4.69) is 22.1 Å². The first kappa shape index (κ1) is 16.7. The second-order valence-corrected chi connectivity index (χ2v) is 4.68. The first-order valence-electron chi connectivity index (χ1n) is 6.41. The van der Waals surface area contributed by atoms with Crippen LogP contribution in [0.1, 0.15) is 11.1 Å². The van der Waals surface area contributed by atoms with Crippen molar-refractivity contribution in [3.05, 3.63) is 47.7 Å².